The van der Waals surface area contributed by atoms with Gasteiger partial charge in [0.1, 0.15) is 5.82 Å². The van der Waals surface area contributed by atoms with E-state index in [0.717, 1.165) is 0 Å². The second-order valence-electron chi connectivity index (χ2n) is 7.07. The second kappa shape index (κ2) is 8.31. The number of nitrogens with zero attached hydrogens (tertiary/aromatic N) is 5. The minimum Gasteiger partial charge on any atom is -0.368 e. The number of nitrogens with two attached hydrogens (primary N) is 1. The molecule has 0 bridgehead atoms. The van der Waals surface area contributed by atoms with Crippen molar-refractivity contribution >= 4 is 28.7 Å². The molecule has 1 amide bonds. The first kappa shape index (κ1) is 20.1. The summed E-state index contributed by atoms with van der Waals surface area (Å²) < 4.78 is 13.3. The van der Waals surface area contributed by atoms with Crippen molar-refractivity contribution in [2.24, 2.45) is 0 Å². The first-order valence-electron chi connectivity index (χ1n) is 9.52. The number of rotatable bonds is 5. The van der Waals surface area contributed by atoms with E-state index in [2.05, 4.69) is 25.3 Å². The Balaban J connectivity index is 1.67. The Hall–Kier alpha value is -4.14. The molecule has 156 valence electrons. The lowest BCUT2D eigenvalue weighted by molar-refractivity contribution is 0.0951. The molecule has 0 unspecified atom stereocenters. The molecule has 9 heteroatoms. The first-order valence-corrected chi connectivity index (χ1v) is 9.52. The van der Waals surface area contributed by atoms with Gasteiger partial charge in [-0.15, -0.1) is 0 Å². The van der Waals surface area contributed by atoms with E-state index in [0.29, 0.717) is 39.5 Å². The average molecular weight is 417 g/mol. The number of halogens is 1. The van der Waals surface area contributed by atoms with E-state index in [4.69, 9.17) is 5.73 Å². The van der Waals surface area contributed by atoms with Gasteiger partial charge in [0.2, 0.25) is 11.9 Å². The summed E-state index contributed by atoms with van der Waals surface area (Å²) >= 11 is 0. The van der Waals surface area contributed by atoms with Crippen LogP contribution in [0.1, 0.15) is 16.2 Å². The summed E-state index contributed by atoms with van der Waals surface area (Å²) in [7, 11) is 3.58. The van der Waals surface area contributed by atoms with Crippen molar-refractivity contribution < 1.29 is 9.18 Å². The van der Waals surface area contributed by atoms with Crippen molar-refractivity contribution in [1.29, 1.82) is 0 Å². The molecule has 0 saturated heterocycles. The smallest absolute Gasteiger partial charge is 0.252 e. The van der Waals surface area contributed by atoms with E-state index in [1.54, 1.807) is 37.2 Å². The van der Waals surface area contributed by atoms with Crippen molar-refractivity contribution in [2.75, 3.05) is 24.7 Å². The van der Waals surface area contributed by atoms with Crippen LogP contribution in [-0.4, -0.2) is 39.9 Å². The fraction of sp³-hybridized carbons (Fsp3) is 0.136. The molecule has 0 saturated carbocycles. The van der Waals surface area contributed by atoms with Gasteiger partial charge < -0.3 is 16.0 Å². The van der Waals surface area contributed by atoms with E-state index < -0.39 is 0 Å². The highest BCUT2D eigenvalue weighted by atomic mass is 19.1. The van der Waals surface area contributed by atoms with Crippen molar-refractivity contribution in [2.45, 2.75) is 6.54 Å². The zero-order valence-electron chi connectivity index (χ0n) is 17.0. The summed E-state index contributed by atoms with van der Waals surface area (Å²) in [6.45, 7) is 0.0783. The van der Waals surface area contributed by atoms with Crippen LogP contribution in [-0.2, 0) is 6.54 Å². The quantitative estimate of drug-likeness (QED) is 0.514. The Bertz CT molecular complexity index is 1260. The molecule has 31 heavy (non-hydrogen) atoms. The van der Waals surface area contributed by atoms with Crippen molar-refractivity contribution in [1.82, 2.24) is 25.3 Å². The van der Waals surface area contributed by atoms with Gasteiger partial charge >= 0.3 is 0 Å². The maximum atomic E-state index is 13.3. The predicted molar refractivity (Wildman–Crippen MR) is 117 cm³/mol. The summed E-state index contributed by atoms with van der Waals surface area (Å²) in [6, 6.07) is 15.0. The van der Waals surface area contributed by atoms with Crippen LogP contribution in [0, 0.1) is 5.82 Å². The third-order valence-electron chi connectivity index (χ3n) is 4.60. The SMILES string of the molecule is CN(C)c1nc(N)nc(CNC(=O)c2cc(-c3ccc(F)cc3)nc3ccccc23)n1. The predicted octanol–water partition coefficient (Wildman–Crippen LogP) is 2.80. The molecule has 4 aromatic rings. The fourth-order valence-corrected chi connectivity index (χ4v) is 3.09. The molecule has 0 atom stereocenters. The largest absolute Gasteiger partial charge is 0.368 e. The Morgan fingerprint density at radius 1 is 1.03 bits per heavy atom. The number of hydrogen-bond acceptors (Lipinski definition) is 7. The monoisotopic (exact) mass is 417 g/mol. The second-order valence-corrected chi connectivity index (χ2v) is 7.07. The fourth-order valence-electron chi connectivity index (χ4n) is 3.09. The molecule has 0 aliphatic carbocycles. The van der Waals surface area contributed by atoms with E-state index in [1.165, 1.54) is 12.1 Å². The summed E-state index contributed by atoms with van der Waals surface area (Å²) in [5.74, 6) is 0.186. The van der Waals surface area contributed by atoms with Gasteiger partial charge in [0.05, 0.1) is 23.3 Å². The molecule has 8 nitrogen and oxygen atoms in total. The topological polar surface area (TPSA) is 110 Å². The number of amides is 1. The van der Waals surface area contributed by atoms with Gasteiger partial charge in [0.15, 0.2) is 5.82 Å². The van der Waals surface area contributed by atoms with Crippen LogP contribution in [0.25, 0.3) is 22.2 Å². The number of carbonyl (C=O) groups excluding carboxylic acids is 1. The van der Waals surface area contributed by atoms with Crippen LogP contribution in [0.15, 0.2) is 54.6 Å². The van der Waals surface area contributed by atoms with Gasteiger partial charge in [-0.2, -0.15) is 15.0 Å². The summed E-state index contributed by atoms with van der Waals surface area (Å²) in [5, 5.41) is 3.54. The number of nitrogen functional groups attached to an aromatic ring is 1. The Morgan fingerprint density at radius 3 is 2.52 bits per heavy atom. The van der Waals surface area contributed by atoms with Crippen LogP contribution in [0.5, 0.6) is 0 Å². The third kappa shape index (κ3) is 4.40. The normalized spacial score (nSPS) is 10.8. The average Bonchev–Trinajstić information content (AvgIpc) is 2.77. The molecule has 2 heterocycles. The standard InChI is InChI=1S/C22H20FN7O/c1-30(2)22-28-19(27-21(24)29-22)12-25-20(31)16-11-18(13-7-9-14(23)10-8-13)26-17-6-4-3-5-15(16)17/h3-11H,12H2,1-2H3,(H,25,31)(H2,24,27,28,29). The van der Waals surface area contributed by atoms with Gasteiger partial charge in [-0.1, -0.05) is 18.2 Å². The van der Waals surface area contributed by atoms with Gasteiger partial charge in [-0.05, 0) is 36.4 Å². The highest BCUT2D eigenvalue weighted by molar-refractivity contribution is 6.07. The lowest BCUT2D eigenvalue weighted by atomic mass is 10.0. The van der Waals surface area contributed by atoms with Crippen molar-refractivity contribution in [3.63, 3.8) is 0 Å². The van der Waals surface area contributed by atoms with E-state index in [1.807, 2.05) is 24.3 Å². The summed E-state index contributed by atoms with van der Waals surface area (Å²) in [4.78, 5) is 31.8. The molecule has 0 spiro atoms. The van der Waals surface area contributed by atoms with Crippen LogP contribution < -0.4 is 16.0 Å². The van der Waals surface area contributed by atoms with Crippen LogP contribution in [0.3, 0.4) is 0 Å². The van der Waals surface area contributed by atoms with Gasteiger partial charge in [0.25, 0.3) is 5.91 Å². The van der Waals surface area contributed by atoms with E-state index in [-0.39, 0.29) is 24.2 Å². The third-order valence-corrected chi connectivity index (χ3v) is 4.60. The van der Waals surface area contributed by atoms with Crippen molar-refractivity contribution in [3.05, 3.63) is 71.8 Å². The molecule has 2 aromatic carbocycles. The maximum Gasteiger partial charge on any atom is 0.252 e. The number of hydrogen-bond donors (Lipinski definition) is 2. The van der Waals surface area contributed by atoms with Crippen LogP contribution >= 0.6 is 0 Å². The first-order chi connectivity index (χ1) is 14.9. The van der Waals surface area contributed by atoms with E-state index >= 15 is 0 Å². The number of benzene rings is 2. The molecule has 0 radical (unpaired) electrons. The lowest BCUT2D eigenvalue weighted by Crippen LogP contribution is -2.25. The summed E-state index contributed by atoms with van der Waals surface area (Å²) in [6.07, 6.45) is 0. The lowest BCUT2D eigenvalue weighted by Gasteiger charge is -2.13. The van der Waals surface area contributed by atoms with Gasteiger partial charge in [-0.3, -0.25) is 4.79 Å². The molecule has 0 fully saturated rings. The molecule has 4 rings (SSSR count). The van der Waals surface area contributed by atoms with Crippen molar-refractivity contribution in [3.8, 4) is 11.3 Å². The maximum absolute atomic E-state index is 13.3. The number of para-hydroxylation sites is 1. The van der Waals surface area contributed by atoms with E-state index in [9.17, 15) is 9.18 Å². The number of carbonyl (C=O) groups is 1. The molecule has 3 N–H and O–H groups in total. The Morgan fingerprint density at radius 2 is 1.77 bits per heavy atom. The molecule has 2 aromatic heterocycles. The zero-order valence-corrected chi connectivity index (χ0v) is 17.0. The zero-order chi connectivity index (χ0) is 22.0. The van der Waals surface area contributed by atoms with Gasteiger partial charge in [0, 0.05) is 25.0 Å². The molecule has 0 aliphatic rings. The summed E-state index contributed by atoms with van der Waals surface area (Å²) in [5.41, 5.74) is 8.14. The number of pyridine rings is 1. The van der Waals surface area contributed by atoms with Crippen LogP contribution in [0.4, 0.5) is 16.3 Å². The highest BCUT2D eigenvalue weighted by Crippen LogP contribution is 2.25. The van der Waals surface area contributed by atoms with Crippen LogP contribution in [0.2, 0.25) is 0 Å². The number of nitrogens with one attached hydrogen (secondary N) is 1. The highest BCUT2D eigenvalue weighted by Gasteiger charge is 2.15. The van der Waals surface area contributed by atoms with Gasteiger partial charge in [-0.25, -0.2) is 9.37 Å². The molecular weight excluding hydrogens is 397 g/mol. The minimum absolute atomic E-state index is 0.0783. The Kier molecular flexibility index (Phi) is 5.40. The Labute approximate surface area is 178 Å². The number of aromatic nitrogens is 4. The molecule has 0 aliphatic heterocycles. The number of fused-ring (bicyclic) bond motifs is 1. The molecular formula is C22H20FN7O. The minimum atomic E-state index is -0.337. The number of anilines is 2.